The Labute approximate surface area is 88.7 Å². The van der Waals surface area contributed by atoms with Crippen molar-refractivity contribution in [2.45, 2.75) is 32.6 Å². The molecule has 1 atom stereocenters. The van der Waals surface area contributed by atoms with Crippen molar-refractivity contribution in [2.24, 2.45) is 0 Å². The molecule has 1 N–H and O–H groups in total. The third-order valence-corrected chi connectivity index (χ3v) is 2.92. The zero-order valence-corrected chi connectivity index (χ0v) is 9.17. The van der Waals surface area contributed by atoms with Gasteiger partial charge in [-0.3, -0.25) is 4.79 Å². The fourth-order valence-corrected chi connectivity index (χ4v) is 1.89. The molecule has 82 valence electrons. The SMILES string of the molecule is CCc1nc(C2CCOC2)[nH]c(=O)c1C. The highest BCUT2D eigenvalue weighted by Gasteiger charge is 2.21. The van der Waals surface area contributed by atoms with Gasteiger partial charge in [0.25, 0.3) is 5.56 Å². The first-order valence-corrected chi connectivity index (χ1v) is 5.39. The van der Waals surface area contributed by atoms with Crippen LogP contribution in [0, 0.1) is 6.92 Å². The lowest BCUT2D eigenvalue weighted by Gasteiger charge is -2.09. The molecule has 2 rings (SSSR count). The molecule has 15 heavy (non-hydrogen) atoms. The molecule has 1 aliphatic rings. The Morgan fingerprint density at radius 2 is 2.40 bits per heavy atom. The molecule has 0 amide bonds. The lowest BCUT2D eigenvalue weighted by atomic mass is 10.1. The van der Waals surface area contributed by atoms with Crippen molar-refractivity contribution in [1.82, 2.24) is 9.97 Å². The van der Waals surface area contributed by atoms with Crippen LogP contribution < -0.4 is 5.56 Å². The molecule has 1 aromatic rings. The van der Waals surface area contributed by atoms with Gasteiger partial charge >= 0.3 is 0 Å². The molecule has 1 fully saturated rings. The average Bonchev–Trinajstić information content (AvgIpc) is 2.75. The number of aromatic amines is 1. The zero-order valence-electron chi connectivity index (χ0n) is 9.17. The normalized spacial score (nSPS) is 20.8. The fourth-order valence-electron chi connectivity index (χ4n) is 1.89. The van der Waals surface area contributed by atoms with Crippen LogP contribution in [0.5, 0.6) is 0 Å². The largest absolute Gasteiger partial charge is 0.381 e. The first kappa shape index (κ1) is 10.4. The number of ether oxygens (including phenoxy) is 1. The minimum Gasteiger partial charge on any atom is -0.381 e. The highest BCUT2D eigenvalue weighted by atomic mass is 16.5. The van der Waals surface area contributed by atoms with E-state index in [-0.39, 0.29) is 11.5 Å². The van der Waals surface area contributed by atoms with E-state index in [4.69, 9.17) is 4.74 Å². The molecule has 4 nitrogen and oxygen atoms in total. The van der Waals surface area contributed by atoms with Gasteiger partial charge in [-0.15, -0.1) is 0 Å². The summed E-state index contributed by atoms with van der Waals surface area (Å²) >= 11 is 0. The van der Waals surface area contributed by atoms with Crippen molar-refractivity contribution < 1.29 is 4.74 Å². The van der Waals surface area contributed by atoms with Gasteiger partial charge in [0.05, 0.1) is 12.3 Å². The van der Waals surface area contributed by atoms with E-state index < -0.39 is 0 Å². The second-order valence-corrected chi connectivity index (χ2v) is 3.94. The first-order valence-electron chi connectivity index (χ1n) is 5.39. The van der Waals surface area contributed by atoms with Gasteiger partial charge in [-0.05, 0) is 19.8 Å². The monoisotopic (exact) mass is 208 g/mol. The molecule has 1 unspecified atom stereocenters. The number of nitrogens with one attached hydrogen (secondary N) is 1. The van der Waals surface area contributed by atoms with Crippen LogP contribution in [0.4, 0.5) is 0 Å². The lowest BCUT2D eigenvalue weighted by Crippen LogP contribution is -2.19. The van der Waals surface area contributed by atoms with E-state index in [9.17, 15) is 4.79 Å². The molecule has 0 aliphatic carbocycles. The number of nitrogens with zero attached hydrogens (tertiary/aromatic N) is 1. The molecule has 4 heteroatoms. The molecule has 0 radical (unpaired) electrons. The Balaban J connectivity index is 2.40. The van der Waals surface area contributed by atoms with E-state index in [2.05, 4.69) is 9.97 Å². The highest BCUT2D eigenvalue weighted by Crippen LogP contribution is 2.21. The van der Waals surface area contributed by atoms with Crippen LogP contribution in [-0.2, 0) is 11.2 Å². The third-order valence-electron chi connectivity index (χ3n) is 2.92. The Morgan fingerprint density at radius 3 is 3.00 bits per heavy atom. The maximum Gasteiger partial charge on any atom is 0.254 e. The van der Waals surface area contributed by atoms with Gasteiger partial charge < -0.3 is 9.72 Å². The number of aryl methyl sites for hydroxylation is 1. The van der Waals surface area contributed by atoms with E-state index in [0.29, 0.717) is 6.61 Å². The Hall–Kier alpha value is -1.16. The fraction of sp³-hybridized carbons (Fsp3) is 0.636. The molecule has 0 spiro atoms. The Kier molecular flexibility index (Phi) is 2.86. The molecule has 0 bridgehead atoms. The number of hydrogen-bond acceptors (Lipinski definition) is 3. The molecule has 0 saturated carbocycles. The van der Waals surface area contributed by atoms with Crippen LogP contribution in [0.1, 0.15) is 36.3 Å². The summed E-state index contributed by atoms with van der Waals surface area (Å²) in [4.78, 5) is 19.0. The summed E-state index contributed by atoms with van der Waals surface area (Å²) in [6.07, 6.45) is 1.76. The minimum atomic E-state index is -0.0104. The second-order valence-electron chi connectivity index (χ2n) is 3.94. The summed E-state index contributed by atoms with van der Waals surface area (Å²) in [5.41, 5.74) is 1.63. The predicted molar refractivity (Wildman–Crippen MR) is 57.1 cm³/mol. The number of rotatable bonds is 2. The van der Waals surface area contributed by atoms with E-state index in [1.54, 1.807) is 0 Å². The third kappa shape index (κ3) is 1.95. The standard InChI is InChI=1S/C11H16N2O2/c1-3-9-7(2)11(14)13-10(12-9)8-4-5-15-6-8/h8H,3-6H2,1-2H3,(H,12,13,14). The molecule has 1 aromatic heterocycles. The molecular formula is C11H16N2O2. The van der Waals surface area contributed by atoms with E-state index in [1.165, 1.54) is 0 Å². The van der Waals surface area contributed by atoms with Crippen molar-refractivity contribution >= 4 is 0 Å². The summed E-state index contributed by atoms with van der Waals surface area (Å²) in [5.74, 6) is 1.06. The summed E-state index contributed by atoms with van der Waals surface area (Å²) in [7, 11) is 0. The van der Waals surface area contributed by atoms with Gasteiger partial charge in [-0.25, -0.2) is 4.98 Å². The van der Waals surface area contributed by atoms with Crippen molar-refractivity contribution in [3.05, 3.63) is 27.4 Å². The van der Waals surface area contributed by atoms with E-state index in [0.717, 1.165) is 36.5 Å². The minimum absolute atomic E-state index is 0.0104. The second kappa shape index (κ2) is 4.14. The van der Waals surface area contributed by atoms with Crippen molar-refractivity contribution in [1.29, 1.82) is 0 Å². The number of hydrogen-bond donors (Lipinski definition) is 1. The Morgan fingerprint density at radius 1 is 1.60 bits per heavy atom. The van der Waals surface area contributed by atoms with Gasteiger partial charge in [-0.2, -0.15) is 0 Å². The van der Waals surface area contributed by atoms with Crippen LogP contribution in [0.25, 0.3) is 0 Å². The van der Waals surface area contributed by atoms with Crippen LogP contribution in [0.2, 0.25) is 0 Å². The van der Waals surface area contributed by atoms with Gasteiger partial charge in [-0.1, -0.05) is 6.92 Å². The first-order chi connectivity index (χ1) is 7.22. The molecule has 1 aliphatic heterocycles. The molecular weight excluding hydrogens is 192 g/mol. The summed E-state index contributed by atoms with van der Waals surface area (Å²) in [6, 6.07) is 0. The van der Waals surface area contributed by atoms with Gasteiger partial charge in [0, 0.05) is 18.1 Å². The number of aromatic nitrogens is 2. The topological polar surface area (TPSA) is 55.0 Å². The van der Waals surface area contributed by atoms with Crippen LogP contribution >= 0.6 is 0 Å². The Bertz CT molecular complexity index is 406. The molecule has 0 aromatic carbocycles. The smallest absolute Gasteiger partial charge is 0.254 e. The summed E-state index contributed by atoms with van der Waals surface area (Å²) in [6.45, 7) is 5.28. The van der Waals surface area contributed by atoms with Crippen LogP contribution in [-0.4, -0.2) is 23.2 Å². The van der Waals surface area contributed by atoms with Crippen LogP contribution in [0.15, 0.2) is 4.79 Å². The predicted octanol–water partition coefficient (Wildman–Crippen LogP) is 1.14. The molecule has 1 saturated heterocycles. The molecule has 2 heterocycles. The lowest BCUT2D eigenvalue weighted by molar-refractivity contribution is 0.193. The maximum atomic E-state index is 11.6. The van der Waals surface area contributed by atoms with Gasteiger partial charge in [0.2, 0.25) is 0 Å². The maximum absolute atomic E-state index is 11.6. The zero-order chi connectivity index (χ0) is 10.8. The van der Waals surface area contributed by atoms with Crippen molar-refractivity contribution in [3.8, 4) is 0 Å². The summed E-state index contributed by atoms with van der Waals surface area (Å²) in [5, 5.41) is 0. The van der Waals surface area contributed by atoms with Gasteiger partial charge in [0.15, 0.2) is 0 Å². The van der Waals surface area contributed by atoms with Crippen molar-refractivity contribution in [2.75, 3.05) is 13.2 Å². The summed E-state index contributed by atoms with van der Waals surface area (Å²) < 4.78 is 5.29. The van der Waals surface area contributed by atoms with Crippen molar-refractivity contribution in [3.63, 3.8) is 0 Å². The van der Waals surface area contributed by atoms with Gasteiger partial charge in [0.1, 0.15) is 5.82 Å². The van der Waals surface area contributed by atoms with Crippen LogP contribution in [0.3, 0.4) is 0 Å². The van der Waals surface area contributed by atoms with E-state index >= 15 is 0 Å². The highest BCUT2D eigenvalue weighted by molar-refractivity contribution is 5.17. The van der Waals surface area contributed by atoms with E-state index in [1.807, 2.05) is 13.8 Å². The average molecular weight is 208 g/mol. The number of H-pyrrole nitrogens is 1. The quantitative estimate of drug-likeness (QED) is 0.793.